The van der Waals surface area contributed by atoms with E-state index in [0.717, 1.165) is 55.0 Å². The molecule has 0 radical (unpaired) electrons. The molecule has 1 aromatic heterocycles. The number of rotatable bonds is 3. The van der Waals surface area contributed by atoms with E-state index in [1.165, 1.54) is 25.7 Å². The average molecular weight is 464 g/mol. The molecule has 0 bridgehead atoms. The highest BCUT2D eigenvalue weighted by Gasteiger charge is 2.62. The van der Waals surface area contributed by atoms with Gasteiger partial charge in [-0.2, -0.15) is 15.0 Å². The molecule has 4 fully saturated rings. The van der Waals surface area contributed by atoms with Gasteiger partial charge in [-0.15, -0.1) is 0 Å². The molecule has 1 N–H and O–H groups in total. The smallest absolute Gasteiger partial charge is 0.162 e. The fourth-order valence-electron chi connectivity index (χ4n) is 9.35. The van der Waals surface area contributed by atoms with Gasteiger partial charge in [0, 0.05) is 5.92 Å². The lowest BCUT2D eigenvalue weighted by Gasteiger charge is -2.61. The quantitative estimate of drug-likeness (QED) is 0.609. The molecule has 2 aromatic rings. The van der Waals surface area contributed by atoms with E-state index in [1.54, 1.807) is 4.80 Å². The Kier molecular flexibility index (Phi) is 5.09. The van der Waals surface area contributed by atoms with Crippen LogP contribution in [0.1, 0.15) is 91.5 Å². The Morgan fingerprint density at radius 1 is 0.941 bits per heavy atom. The maximum atomic E-state index is 13.9. The third kappa shape index (κ3) is 3.25. The van der Waals surface area contributed by atoms with Crippen LogP contribution in [0.15, 0.2) is 24.3 Å². The number of carbonyl (C=O) groups is 1. The Morgan fingerprint density at radius 2 is 1.62 bits per heavy atom. The lowest BCUT2D eigenvalue weighted by atomic mass is 9.44. The molecule has 5 heteroatoms. The van der Waals surface area contributed by atoms with Crippen molar-refractivity contribution < 1.29 is 9.90 Å². The van der Waals surface area contributed by atoms with E-state index in [1.807, 2.05) is 38.1 Å². The molecule has 0 amide bonds. The van der Waals surface area contributed by atoms with Crippen molar-refractivity contribution in [3.63, 3.8) is 0 Å². The molecular formula is C29H41N3O2. The number of hydrogen-bond acceptors (Lipinski definition) is 4. The van der Waals surface area contributed by atoms with Crippen molar-refractivity contribution in [2.24, 2.45) is 40.4 Å². The summed E-state index contributed by atoms with van der Waals surface area (Å²) in [6.45, 7) is 9.01. The summed E-state index contributed by atoms with van der Waals surface area (Å²) in [5.74, 6) is 3.24. The first-order valence-corrected chi connectivity index (χ1v) is 13.7. The molecule has 5 nitrogen and oxygen atoms in total. The highest BCUT2D eigenvalue weighted by atomic mass is 16.3. The molecule has 0 aliphatic heterocycles. The minimum Gasteiger partial charge on any atom is -0.390 e. The Labute approximate surface area is 203 Å². The molecule has 9 atom stereocenters. The summed E-state index contributed by atoms with van der Waals surface area (Å²) in [6, 6.07) is 7.55. The number of aromatic nitrogens is 3. The van der Waals surface area contributed by atoms with E-state index in [-0.39, 0.29) is 17.4 Å². The lowest BCUT2D eigenvalue weighted by Crippen LogP contribution is -2.55. The van der Waals surface area contributed by atoms with Gasteiger partial charge >= 0.3 is 0 Å². The SMILES string of the molecule is C[C@@H](C(=O)[C@H]1CC[C@H]2[C@@H]3CC[C@H]4C[C@](C)(O)CC[C@]4(C)[C@H]3CC[C@]12C)n1nc2ccccc2n1. The molecule has 0 spiro atoms. The van der Waals surface area contributed by atoms with Crippen LogP contribution < -0.4 is 0 Å². The van der Waals surface area contributed by atoms with Crippen molar-refractivity contribution in [3.8, 4) is 0 Å². The normalized spacial score (nSPS) is 44.8. The minimum absolute atomic E-state index is 0.0996. The topological polar surface area (TPSA) is 68.0 Å². The number of ketones is 1. The predicted octanol–water partition coefficient (Wildman–Crippen LogP) is 5.97. The van der Waals surface area contributed by atoms with E-state index < -0.39 is 5.60 Å². The number of nitrogens with zero attached hydrogens (tertiary/aromatic N) is 3. The maximum absolute atomic E-state index is 13.9. The first-order valence-electron chi connectivity index (χ1n) is 13.7. The van der Waals surface area contributed by atoms with Crippen LogP contribution >= 0.6 is 0 Å². The summed E-state index contributed by atoms with van der Waals surface area (Å²) < 4.78 is 0. The van der Waals surface area contributed by atoms with Gasteiger partial charge < -0.3 is 5.11 Å². The number of fused-ring (bicyclic) bond motifs is 6. The molecule has 4 aliphatic rings. The third-order valence-corrected chi connectivity index (χ3v) is 11.4. The van der Waals surface area contributed by atoms with Gasteiger partial charge in [-0.25, -0.2) is 0 Å². The van der Waals surface area contributed by atoms with Crippen molar-refractivity contribution in [2.45, 2.75) is 97.1 Å². The van der Waals surface area contributed by atoms with Crippen molar-refractivity contribution >= 4 is 16.8 Å². The highest BCUT2D eigenvalue weighted by molar-refractivity contribution is 5.86. The van der Waals surface area contributed by atoms with E-state index in [2.05, 4.69) is 24.0 Å². The van der Waals surface area contributed by atoms with E-state index in [0.29, 0.717) is 23.0 Å². The minimum atomic E-state index is -0.480. The summed E-state index contributed by atoms with van der Waals surface area (Å²) in [5.41, 5.74) is 1.69. The molecule has 1 aromatic carbocycles. The predicted molar refractivity (Wildman–Crippen MR) is 133 cm³/mol. The Bertz CT molecular complexity index is 1070. The van der Waals surface area contributed by atoms with Gasteiger partial charge in [0.15, 0.2) is 5.78 Å². The second-order valence-corrected chi connectivity index (χ2v) is 13.1. The molecule has 0 saturated heterocycles. The van der Waals surface area contributed by atoms with Crippen LogP contribution in [0.4, 0.5) is 0 Å². The van der Waals surface area contributed by atoms with Gasteiger partial charge in [0.2, 0.25) is 0 Å². The number of carbonyl (C=O) groups excluding carboxylic acids is 1. The van der Waals surface area contributed by atoms with Crippen LogP contribution in [0.3, 0.4) is 0 Å². The van der Waals surface area contributed by atoms with E-state index >= 15 is 0 Å². The van der Waals surface area contributed by atoms with Gasteiger partial charge in [-0.3, -0.25) is 4.79 Å². The van der Waals surface area contributed by atoms with Crippen LogP contribution in [0.2, 0.25) is 0 Å². The summed E-state index contributed by atoms with van der Waals surface area (Å²) in [7, 11) is 0. The zero-order valence-electron chi connectivity index (χ0n) is 21.3. The zero-order valence-corrected chi connectivity index (χ0v) is 21.3. The van der Waals surface area contributed by atoms with Crippen LogP contribution in [0.25, 0.3) is 11.0 Å². The van der Waals surface area contributed by atoms with Crippen LogP contribution in [-0.4, -0.2) is 31.5 Å². The fourth-order valence-corrected chi connectivity index (χ4v) is 9.35. The maximum Gasteiger partial charge on any atom is 0.162 e. The average Bonchev–Trinajstić information content (AvgIpc) is 3.39. The van der Waals surface area contributed by atoms with Crippen molar-refractivity contribution in [3.05, 3.63) is 24.3 Å². The molecule has 184 valence electrons. The largest absolute Gasteiger partial charge is 0.390 e. The first kappa shape index (κ1) is 22.7. The second kappa shape index (κ2) is 7.62. The highest BCUT2D eigenvalue weighted by Crippen LogP contribution is 2.68. The third-order valence-electron chi connectivity index (χ3n) is 11.4. The summed E-state index contributed by atoms with van der Waals surface area (Å²) in [4.78, 5) is 15.5. The summed E-state index contributed by atoms with van der Waals surface area (Å²) in [5, 5.41) is 20.0. The number of aliphatic hydroxyl groups is 1. The number of benzene rings is 1. The molecule has 4 aliphatic carbocycles. The molecule has 0 unspecified atom stereocenters. The van der Waals surface area contributed by atoms with E-state index in [4.69, 9.17) is 0 Å². The number of Topliss-reactive ketones (excluding diaryl/α,β-unsaturated/α-hetero) is 1. The summed E-state index contributed by atoms with van der Waals surface area (Å²) in [6.07, 6.45) is 10.2. The van der Waals surface area contributed by atoms with Crippen LogP contribution in [0.5, 0.6) is 0 Å². The van der Waals surface area contributed by atoms with Gasteiger partial charge in [0.1, 0.15) is 17.1 Å². The van der Waals surface area contributed by atoms with E-state index in [9.17, 15) is 9.90 Å². The van der Waals surface area contributed by atoms with Gasteiger partial charge in [0.05, 0.1) is 5.60 Å². The Hall–Kier alpha value is -1.75. The van der Waals surface area contributed by atoms with Crippen LogP contribution in [-0.2, 0) is 4.79 Å². The van der Waals surface area contributed by atoms with Gasteiger partial charge in [-0.05, 0) is 118 Å². The summed E-state index contributed by atoms with van der Waals surface area (Å²) >= 11 is 0. The monoisotopic (exact) mass is 463 g/mol. The van der Waals surface area contributed by atoms with Crippen LogP contribution in [0, 0.1) is 40.4 Å². The van der Waals surface area contributed by atoms with Crippen molar-refractivity contribution in [1.82, 2.24) is 15.0 Å². The van der Waals surface area contributed by atoms with Crippen molar-refractivity contribution in [1.29, 1.82) is 0 Å². The standard InChI is InChI=1S/C29H41N3O2/c1-18(32-30-24-7-5-6-8-25(24)31-32)26(33)23-12-11-21-20-10-9-19-17-27(2,34)15-16-28(19,3)22(20)13-14-29(21,23)4/h5-8,18-23,34H,9-17H2,1-4H3/t18-,19-,20-,21-,22-,23+,27+,28-,29-/m0/s1. The fraction of sp³-hybridized carbons (Fsp3) is 0.759. The van der Waals surface area contributed by atoms with Gasteiger partial charge in [-0.1, -0.05) is 26.0 Å². The number of hydrogen-bond donors (Lipinski definition) is 1. The molecule has 1 heterocycles. The Morgan fingerprint density at radius 3 is 2.32 bits per heavy atom. The molecular weight excluding hydrogens is 422 g/mol. The molecule has 34 heavy (non-hydrogen) atoms. The lowest BCUT2D eigenvalue weighted by molar-refractivity contribution is -0.151. The van der Waals surface area contributed by atoms with Crippen molar-refractivity contribution in [2.75, 3.05) is 0 Å². The first-order chi connectivity index (χ1) is 16.1. The zero-order chi connectivity index (χ0) is 23.9. The molecule has 6 rings (SSSR count). The molecule has 4 saturated carbocycles. The van der Waals surface area contributed by atoms with Gasteiger partial charge in [0.25, 0.3) is 0 Å². The second-order valence-electron chi connectivity index (χ2n) is 13.1. The Balaban J connectivity index is 1.23.